The number of carbonyl (C=O) groups is 1. The van der Waals surface area contributed by atoms with Gasteiger partial charge in [-0.15, -0.1) is 0 Å². The molecule has 1 N–H and O–H groups in total. The van der Waals surface area contributed by atoms with E-state index < -0.39 is 23.8 Å². The van der Waals surface area contributed by atoms with E-state index in [4.69, 9.17) is 14.6 Å². The maximum Gasteiger partial charge on any atom is 0.490 e. The van der Waals surface area contributed by atoms with Gasteiger partial charge in [-0.25, -0.2) is 18.6 Å². The summed E-state index contributed by atoms with van der Waals surface area (Å²) in [5.74, 6) is -3.11. The number of nitrogens with zero attached hydrogens (tertiary/aromatic N) is 2. The number of methoxy groups -OCH3 is 1. The topological polar surface area (TPSA) is 64.4 Å². The predicted octanol–water partition coefficient (Wildman–Crippen LogP) is 5.86. The number of aromatic nitrogens is 2. The molecule has 0 fully saturated rings. The van der Waals surface area contributed by atoms with Crippen molar-refractivity contribution in [2.45, 2.75) is 38.9 Å². The van der Waals surface area contributed by atoms with E-state index >= 15 is 0 Å². The molecule has 5 nitrogen and oxygen atoms in total. The third-order valence-electron chi connectivity index (χ3n) is 4.71. The smallest absolute Gasteiger partial charge is 0.490 e. The number of rotatable bonds is 7. The average molecular weight is 470 g/mol. The van der Waals surface area contributed by atoms with Crippen LogP contribution >= 0.6 is 0 Å². The van der Waals surface area contributed by atoms with E-state index in [0.717, 1.165) is 42.0 Å². The molecule has 3 aromatic rings. The molecule has 0 saturated carbocycles. The van der Waals surface area contributed by atoms with Crippen molar-refractivity contribution in [3.63, 3.8) is 0 Å². The highest BCUT2D eigenvalue weighted by Gasteiger charge is 2.38. The highest BCUT2D eigenvalue weighted by Crippen LogP contribution is 2.32. The number of imidazole rings is 1. The van der Waals surface area contributed by atoms with E-state index in [2.05, 4.69) is 11.9 Å². The van der Waals surface area contributed by atoms with E-state index in [1.807, 2.05) is 28.8 Å². The van der Waals surface area contributed by atoms with Gasteiger partial charge in [0.15, 0.2) is 0 Å². The molecule has 0 unspecified atom stereocenters. The van der Waals surface area contributed by atoms with Gasteiger partial charge in [0.05, 0.1) is 25.7 Å². The molecule has 0 amide bonds. The highest BCUT2D eigenvalue weighted by atomic mass is 19.4. The van der Waals surface area contributed by atoms with Crippen LogP contribution in [0, 0.1) is 11.6 Å². The van der Waals surface area contributed by atoms with Crippen molar-refractivity contribution in [1.29, 1.82) is 0 Å². The molecule has 0 aliphatic rings. The summed E-state index contributed by atoms with van der Waals surface area (Å²) in [5, 5.41) is 7.12. The van der Waals surface area contributed by atoms with Gasteiger partial charge >= 0.3 is 12.1 Å². The Bertz CT molecular complexity index is 1060. The molecule has 0 aliphatic carbocycles. The summed E-state index contributed by atoms with van der Waals surface area (Å²) in [7, 11) is 1.62. The lowest BCUT2D eigenvalue weighted by molar-refractivity contribution is -0.192. The summed E-state index contributed by atoms with van der Waals surface area (Å²) in [6.45, 7) is 2.22. The van der Waals surface area contributed by atoms with Crippen molar-refractivity contribution in [2.75, 3.05) is 7.11 Å². The second kappa shape index (κ2) is 11.4. The summed E-state index contributed by atoms with van der Waals surface area (Å²) >= 11 is 0. The molecule has 3 rings (SSSR count). The fraction of sp³-hybridized carbons (Fsp3) is 0.304. The van der Waals surface area contributed by atoms with Gasteiger partial charge < -0.3 is 14.4 Å². The van der Waals surface area contributed by atoms with Crippen molar-refractivity contribution in [1.82, 2.24) is 9.55 Å². The van der Waals surface area contributed by atoms with Crippen LogP contribution in [0.2, 0.25) is 0 Å². The van der Waals surface area contributed by atoms with Gasteiger partial charge in [0.1, 0.15) is 17.4 Å². The van der Waals surface area contributed by atoms with E-state index in [-0.39, 0.29) is 12.1 Å². The molecular formula is C23H23F5N2O3. The normalized spacial score (nSPS) is 11.0. The van der Waals surface area contributed by atoms with Gasteiger partial charge in [0.2, 0.25) is 0 Å². The van der Waals surface area contributed by atoms with Crippen LogP contribution in [0.5, 0.6) is 5.75 Å². The van der Waals surface area contributed by atoms with Crippen LogP contribution in [0.15, 0.2) is 48.8 Å². The van der Waals surface area contributed by atoms with Gasteiger partial charge in [0, 0.05) is 16.8 Å². The summed E-state index contributed by atoms with van der Waals surface area (Å²) in [5.41, 5.74) is 2.69. The van der Waals surface area contributed by atoms with Crippen LogP contribution < -0.4 is 4.74 Å². The Kier molecular flexibility index (Phi) is 8.95. The SMILES string of the molecule is CCCCc1c(-c2ccccc2OC)ncn1Cc1c(F)cccc1F.O=C(O)C(F)(F)F. The lowest BCUT2D eigenvalue weighted by Crippen LogP contribution is -2.21. The molecule has 0 radical (unpaired) electrons. The number of benzene rings is 2. The zero-order valence-electron chi connectivity index (χ0n) is 18.0. The van der Waals surface area contributed by atoms with Gasteiger partial charge in [0.25, 0.3) is 0 Å². The predicted molar refractivity (Wildman–Crippen MR) is 112 cm³/mol. The first kappa shape index (κ1) is 25.8. The number of ether oxygens (including phenoxy) is 1. The summed E-state index contributed by atoms with van der Waals surface area (Å²) in [6, 6.07) is 11.6. The van der Waals surface area contributed by atoms with Crippen molar-refractivity contribution < 1.29 is 36.6 Å². The van der Waals surface area contributed by atoms with Gasteiger partial charge in [-0.2, -0.15) is 13.2 Å². The van der Waals surface area contributed by atoms with Crippen molar-refractivity contribution >= 4 is 5.97 Å². The minimum absolute atomic E-state index is 0.0502. The van der Waals surface area contributed by atoms with Crippen LogP contribution in [0.25, 0.3) is 11.3 Å². The molecule has 0 saturated heterocycles. The number of para-hydroxylation sites is 1. The number of aliphatic carboxylic acids is 1. The Morgan fingerprint density at radius 1 is 1.09 bits per heavy atom. The van der Waals surface area contributed by atoms with Crippen LogP contribution in [-0.4, -0.2) is 33.9 Å². The van der Waals surface area contributed by atoms with Gasteiger partial charge in [-0.05, 0) is 37.1 Å². The number of carboxylic acid groups (broad SMARTS) is 1. The largest absolute Gasteiger partial charge is 0.496 e. The van der Waals surface area contributed by atoms with E-state index in [1.54, 1.807) is 13.4 Å². The van der Waals surface area contributed by atoms with Crippen molar-refractivity contribution in [2.24, 2.45) is 0 Å². The lowest BCUT2D eigenvalue weighted by Gasteiger charge is -2.13. The minimum Gasteiger partial charge on any atom is -0.496 e. The fourth-order valence-corrected chi connectivity index (χ4v) is 3.07. The highest BCUT2D eigenvalue weighted by molar-refractivity contribution is 5.73. The fourth-order valence-electron chi connectivity index (χ4n) is 3.07. The molecule has 10 heteroatoms. The Hall–Kier alpha value is -3.43. The summed E-state index contributed by atoms with van der Waals surface area (Å²) in [4.78, 5) is 13.4. The van der Waals surface area contributed by atoms with Gasteiger partial charge in [-0.1, -0.05) is 31.5 Å². The maximum absolute atomic E-state index is 14.1. The molecular weight excluding hydrogens is 447 g/mol. The molecule has 33 heavy (non-hydrogen) atoms. The van der Waals surface area contributed by atoms with Crippen LogP contribution in [0.1, 0.15) is 31.0 Å². The number of unbranched alkanes of at least 4 members (excludes halogenated alkanes) is 1. The Morgan fingerprint density at radius 2 is 1.70 bits per heavy atom. The molecule has 178 valence electrons. The Balaban J connectivity index is 0.000000479. The third kappa shape index (κ3) is 6.77. The second-order valence-electron chi connectivity index (χ2n) is 6.97. The zero-order valence-corrected chi connectivity index (χ0v) is 18.0. The maximum atomic E-state index is 14.1. The third-order valence-corrected chi connectivity index (χ3v) is 4.71. The molecule has 0 atom stereocenters. The average Bonchev–Trinajstić information content (AvgIpc) is 3.16. The molecule has 0 aliphatic heterocycles. The van der Waals surface area contributed by atoms with E-state index in [0.29, 0.717) is 0 Å². The lowest BCUT2D eigenvalue weighted by atomic mass is 10.1. The summed E-state index contributed by atoms with van der Waals surface area (Å²) < 4.78 is 67.2. The molecule has 2 aromatic carbocycles. The molecule has 1 aromatic heterocycles. The van der Waals surface area contributed by atoms with E-state index in [1.165, 1.54) is 18.2 Å². The van der Waals surface area contributed by atoms with Crippen LogP contribution in [0.3, 0.4) is 0 Å². The van der Waals surface area contributed by atoms with Crippen LogP contribution in [0.4, 0.5) is 22.0 Å². The molecule has 0 spiro atoms. The number of halogens is 5. The van der Waals surface area contributed by atoms with Crippen molar-refractivity contribution in [3.05, 3.63) is 71.7 Å². The monoisotopic (exact) mass is 470 g/mol. The minimum atomic E-state index is -5.08. The number of alkyl halides is 3. The number of hydrogen-bond donors (Lipinski definition) is 1. The quantitative estimate of drug-likeness (QED) is 0.440. The molecule has 0 bridgehead atoms. The van der Waals surface area contributed by atoms with Gasteiger partial charge in [-0.3, -0.25) is 0 Å². The first-order valence-corrected chi connectivity index (χ1v) is 10.0. The Labute approximate surface area is 187 Å². The van der Waals surface area contributed by atoms with Crippen LogP contribution in [-0.2, 0) is 17.8 Å². The van der Waals surface area contributed by atoms with Crippen molar-refractivity contribution in [3.8, 4) is 17.0 Å². The standard InChI is InChI=1S/C21H22F2N2O.C2HF3O2/c1-3-4-11-19-21(15-8-5-6-12-20(15)26-2)24-14-25(19)13-16-17(22)9-7-10-18(16)23;3-2(4,5)1(6)7/h5-10,12,14H,3-4,11,13H2,1-2H3;(H,6,7). The molecule has 1 heterocycles. The van der Waals surface area contributed by atoms with E-state index in [9.17, 15) is 22.0 Å². The first-order valence-electron chi connectivity index (χ1n) is 10.0. The zero-order chi connectivity index (χ0) is 24.6. The Morgan fingerprint density at radius 3 is 2.24 bits per heavy atom. The first-order chi connectivity index (χ1) is 15.6. The summed E-state index contributed by atoms with van der Waals surface area (Å²) in [6.07, 6.45) is -0.670. The second-order valence-corrected chi connectivity index (χ2v) is 6.97. The number of carboxylic acids is 1. The number of hydrogen-bond acceptors (Lipinski definition) is 3.